The van der Waals surface area contributed by atoms with E-state index in [1.807, 2.05) is 17.0 Å². The number of carbonyl (C=O) groups excluding carboxylic acids is 1. The summed E-state index contributed by atoms with van der Waals surface area (Å²) in [6.07, 6.45) is 3.33. The molecule has 0 bridgehead atoms. The number of nitrogen functional groups attached to an aromatic ring is 1. The molecule has 17 heavy (non-hydrogen) atoms. The molecule has 0 radical (unpaired) electrons. The predicted molar refractivity (Wildman–Crippen MR) is 69.5 cm³/mol. The van der Waals surface area contributed by atoms with Gasteiger partial charge in [-0.05, 0) is 42.9 Å². The van der Waals surface area contributed by atoms with E-state index in [4.69, 9.17) is 5.73 Å². The zero-order chi connectivity index (χ0) is 12.3. The van der Waals surface area contributed by atoms with Gasteiger partial charge in [-0.1, -0.05) is 12.1 Å². The third kappa shape index (κ3) is 3.22. The molecule has 2 N–H and O–H groups in total. The van der Waals surface area contributed by atoms with E-state index in [0.29, 0.717) is 5.92 Å². The molecule has 1 aliphatic heterocycles. The van der Waals surface area contributed by atoms with Gasteiger partial charge >= 0.3 is 0 Å². The molecule has 1 aliphatic rings. The fourth-order valence-electron chi connectivity index (χ4n) is 2.44. The molecular formula is C14H20N2O. The van der Waals surface area contributed by atoms with Crippen molar-refractivity contribution in [2.45, 2.75) is 26.2 Å². The van der Waals surface area contributed by atoms with Gasteiger partial charge in [0.25, 0.3) is 0 Å². The molecule has 0 spiro atoms. The van der Waals surface area contributed by atoms with Crippen molar-refractivity contribution in [3.05, 3.63) is 29.8 Å². The van der Waals surface area contributed by atoms with Crippen LogP contribution in [0.1, 0.15) is 25.3 Å². The van der Waals surface area contributed by atoms with Gasteiger partial charge in [0, 0.05) is 25.7 Å². The maximum Gasteiger partial charge on any atom is 0.219 e. The van der Waals surface area contributed by atoms with E-state index in [9.17, 15) is 4.79 Å². The fraction of sp³-hybridized carbons (Fsp3) is 0.500. The van der Waals surface area contributed by atoms with Gasteiger partial charge in [-0.2, -0.15) is 0 Å². The van der Waals surface area contributed by atoms with Crippen LogP contribution in [0.5, 0.6) is 0 Å². The second kappa shape index (κ2) is 5.21. The minimum Gasteiger partial charge on any atom is -0.399 e. The number of carbonyl (C=O) groups is 1. The number of nitrogens with zero attached hydrogens (tertiary/aromatic N) is 1. The summed E-state index contributed by atoms with van der Waals surface area (Å²) >= 11 is 0. The average molecular weight is 232 g/mol. The zero-order valence-corrected chi connectivity index (χ0v) is 10.4. The molecule has 0 aromatic heterocycles. The molecule has 3 heteroatoms. The molecule has 2 rings (SSSR count). The van der Waals surface area contributed by atoms with E-state index in [0.717, 1.165) is 38.0 Å². The Bertz CT molecular complexity index is 378. The van der Waals surface area contributed by atoms with E-state index in [1.165, 1.54) is 5.56 Å². The molecule has 0 atom stereocenters. The van der Waals surface area contributed by atoms with Gasteiger partial charge in [0.05, 0.1) is 0 Å². The van der Waals surface area contributed by atoms with Gasteiger partial charge < -0.3 is 10.6 Å². The first kappa shape index (κ1) is 12.0. The normalized spacial score (nSPS) is 17.1. The lowest BCUT2D eigenvalue weighted by molar-refractivity contribution is -0.130. The fourth-order valence-corrected chi connectivity index (χ4v) is 2.44. The number of anilines is 1. The SMILES string of the molecule is CC(=O)N1CCC(Cc2ccc(N)cc2)CC1. The van der Waals surface area contributed by atoms with E-state index < -0.39 is 0 Å². The summed E-state index contributed by atoms with van der Waals surface area (Å²) in [6.45, 7) is 3.48. The molecule has 1 amide bonds. The summed E-state index contributed by atoms with van der Waals surface area (Å²) in [6, 6.07) is 8.12. The topological polar surface area (TPSA) is 46.3 Å². The number of amides is 1. The van der Waals surface area contributed by atoms with E-state index in [2.05, 4.69) is 12.1 Å². The van der Waals surface area contributed by atoms with Crippen molar-refractivity contribution in [2.24, 2.45) is 5.92 Å². The van der Waals surface area contributed by atoms with Crippen LogP contribution < -0.4 is 5.73 Å². The molecule has 1 fully saturated rings. The largest absolute Gasteiger partial charge is 0.399 e. The average Bonchev–Trinajstić information content (AvgIpc) is 2.33. The third-order valence-electron chi connectivity index (χ3n) is 3.56. The first-order valence-electron chi connectivity index (χ1n) is 6.25. The Morgan fingerprint density at radius 2 is 1.88 bits per heavy atom. The smallest absolute Gasteiger partial charge is 0.219 e. The Kier molecular flexibility index (Phi) is 3.67. The predicted octanol–water partition coefficient (Wildman–Crippen LogP) is 2.07. The summed E-state index contributed by atoms with van der Waals surface area (Å²) in [5.41, 5.74) is 7.83. The van der Waals surface area contributed by atoms with E-state index in [-0.39, 0.29) is 5.91 Å². The minimum atomic E-state index is 0.205. The number of hydrogen-bond acceptors (Lipinski definition) is 2. The molecule has 1 aromatic rings. The van der Waals surface area contributed by atoms with Crippen molar-refractivity contribution >= 4 is 11.6 Å². The van der Waals surface area contributed by atoms with Crippen molar-refractivity contribution in [3.63, 3.8) is 0 Å². The third-order valence-corrected chi connectivity index (χ3v) is 3.56. The molecule has 0 aliphatic carbocycles. The number of nitrogens with two attached hydrogens (primary N) is 1. The lowest BCUT2D eigenvalue weighted by atomic mass is 9.90. The summed E-state index contributed by atoms with van der Waals surface area (Å²) in [5.74, 6) is 0.908. The zero-order valence-electron chi connectivity index (χ0n) is 10.4. The van der Waals surface area contributed by atoms with Crippen LogP contribution in [-0.4, -0.2) is 23.9 Å². The van der Waals surface area contributed by atoms with Crippen LogP contribution in [0.3, 0.4) is 0 Å². The standard InChI is InChI=1S/C14H20N2O/c1-11(17)16-8-6-13(7-9-16)10-12-2-4-14(15)5-3-12/h2-5,13H,6-10,15H2,1H3. The number of benzene rings is 1. The number of hydrogen-bond donors (Lipinski definition) is 1. The molecule has 0 unspecified atom stereocenters. The number of piperidine rings is 1. The Labute approximate surface area is 103 Å². The highest BCUT2D eigenvalue weighted by molar-refractivity contribution is 5.73. The quantitative estimate of drug-likeness (QED) is 0.793. The number of rotatable bonds is 2. The Morgan fingerprint density at radius 3 is 2.41 bits per heavy atom. The number of likely N-dealkylation sites (tertiary alicyclic amines) is 1. The highest BCUT2D eigenvalue weighted by atomic mass is 16.2. The first-order valence-corrected chi connectivity index (χ1v) is 6.25. The molecule has 1 heterocycles. The molecule has 0 saturated carbocycles. The second-order valence-corrected chi connectivity index (χ2v) is 4.90. The molecule has 1 saturated heterocycles. The minimum absolute atomic E-state index is 0.205. The van der Waals surface area contributed by atoms with Gasteiger partial charge in [0.2, 0.25) is 5.91 Å². The first-order chi connectivity index (χ1) is 8.15. The van der Waals surface area contributed by atoms with Crippen LogP contribution >= 0.6 is 0 Å². The summed E-state index contributed by atoms with van der Waals surface area (Å²) in [7, 11) is 0. The molecular weight excluding hydrogens is 212 g/mol. The second-order valence-electron chi connectivity index (χ2n) is 4.90. The van der Waals surface area contributed by atoms with Gasteiger partial charge in [0.15, 0.2) is 0 Å². The molecule has 1 aromatic carbocycles. The van der Waals surface area contributed by atoms with E-state index in [1.54, 1.807) is 6.92 Å². The van der Waals surface area contributed by atoms with Crippen LogP contribution in [0, 0.1) is 5.92 Å². The van der Waals surface area contributed by atoms with Crippen molar-refractivity contribution in [1.82, 2.24) is 4.90 Å². The summed E-state index contributed by atoms with van der Waals surface area (Å²) in [4.78, 5) is 13.2. The van der Waals surface area contributed by atoms with Crippen LogP contribution in [0.4, 0.5) is 5.69 Å². The van der Waals surface area contributed by atoms with E-state index >= 15 is 0 Å². The Balaban J connectivity index is 1.85. The van der Waals surface area contributed by atoms with Gasteiger partial charge in [-0.3, -0.25) is 4.79 Å². The maximum atomic E-state index is 11.2. The summed E-state index contributed by atoms with van der Waals surface area (Å²) in [5, 5.41) is 0. The van der Waals surface area contributed by atoms with Crippen LogP contribution in [0.25, 0.3) is 0 Å². The lowest BCUT2D eigenvalue weighted by Gasteiger charge is -2.31. The Morgan fingerprint density at radius 1 is 1.29 bits per heavy atom. The van der Waals surface area contributed by atoms with Crippen molar-refractivity contribution in [1.29, 1.82) is 0 Å². The lowest BCUT2D eigenvalue weighted by Crippen LogP contribution is -2.37. The van der Waals surface area contributed by atoms with Crippen LogP contribution in [0.15, 0.2) is 24.3 Å². The van der Waals surface area contributed by atoms with Crippen LogP contribution in [0.2, 0.25) is 0 Å². The van der Waals surface area contributed by atoms with Crippen molar-refractivity contribution < 1.29 is 4.79 Å². The highest BCUT2D eigenvalue weighted by Gasteiger charge is 2.20. The van der Waals surface area contributed by atoms with Crippen molar-refractivity contribution in [3.8, 4) is 0 Å². The van der Waals surface area contributed by atoms with Gasteiger partial charge in [-0.15, -0.1) is 0 Å². The van der Waals surface area contributed by atoms with Crippen LogP contribution in [-0.2, 0) is 11.2 Å². The Hall–Kier alpha value is -1.51. The van der Waals surface area contributed by atoms with Crippen molar-refractivity contribution in [2.75, 3.05) is 18.8 Å². The van der Waals surface area contributed by atoms with Gasteiger partial charge in [0.1, 0.15) is 0 Å². The summed E-state index contributed by atoms with van der Waals surface area (Å²) < 4.78 is 0. The maximum absolute atomic E-state index is 11.2. The molecule has 92 valence electrons. The molecule has 3 nitrogen and oxygen atoms in total. The van der Waals surface area contributed by atoms with Gasteiger partial charge in [-0.25, -0.2) is 0 Å². The highest BCUT2D eigenvalue weighted by Crippen LogP contribution is 2.22. The monoisotopic (exact) mass is 232 g/mol.